The van der Waals surface area contributed by atoms with Crippen LogP contribution in [0.2, 0.25) is 0 Å². The van der Waals surface area contributed by atoms with Crippen LogP contribution in [0.5, 0.6) is 0 Å². The summed E-state index contributed by atoms with van der Waals surface area (Å²) in [5, 5.41) is 15.8. The molecule has 0 unspecified atom stereocenters. The van der Waals surface area contributed by atoms with Crippen molar-refractivity contribution in [2.24, 2.45) is 0 Å². The number of unbranched alkanes of at least 4 members (excludes halogenated alkanes) is 6. The quantitative estimate of drug-likeness (QED) is 0.619. The highest BCUT2D eigenvalue weighted by atomic mass is 16.2. The first-order valence-electron chi connectivity index (χ1n) is 5.25. The summed E-state index contributed by atoms with van der Waals surface area (Å²) in [5.41, 5.74) is 0. The number of rotatable bonds is 7. The van der Waals surface area contributed by atoms with Crippen molar-refractivity contribution in [2.75, 3.05) is 6.61 Å². The minimum absolute atomic E-state index is 0.369. The Balaban J connectivity index is 0. The highest BCUT2D eigenvalue weighted by Gasteiger charge is 1.88. The maximum atomic E-state index is 8.47. The van der Waals surface area contributed by atoms with Crippen molar-refractivity contribution in [3.8, 4) is 6.07 Å². The third-order valence-corrected chi connectivity index (χ3v) is 1.76. The molecule has 0 bridgehead atoms. The summed E-state index contributed by atoms with van der Waals surface area (Å²) in [5.74, 6) is 0. The summed E-state index contributed by atoms with van der Waals surface area (Å²) in [6.07, 6.45) is 8.93. The Bertz CT molecular complexity index is 99.1. The van der Waals surface area contributed by atoms with Gasteiger partial charge in [0.2, 0.25) is 0 Å². The maximum Gasteiger partial charge on any atom is 0.0587 e. The van der Waals surface area contributed by atoms with Crippen molar-refractivity contribution in [3.63, 3.8) is 0 Å². The van der Waals surface area contributed by atoms with Crippen molar-refractivity contribution in [2.45, 2.75) is 58.8 Å². The van der Waals surface area contributed by atoms with Gasteiger partial charge in [-0.3, -0.25) is 0 Å². The molecule has 0 aliphatic heterocycles. The van der Waals surface area contributed by atoms with Gasteiger partial charge in [0.05, 0.1) is 6.07 Å². The molecule has 1 N–H and O–H groups in total. The van der Waals surface area contributed by atoms with Crippen LogP contribution in [0.4, 0.5) is 0 Å². The predicted octanol–water partition coefficient (Wildman–Crippen LogP) is 3.26. The van der Waals surface area contributed by atoms with E-state index in [0.29, 0.717) is 6.61 Å². The Morgan fingerprint density at radius 3 is 1.77 bits per heavy atom. The Kier molecular flexibility index (Phi) is 20.1. The zero-order chi connectivity index (χ0) is 10.4. The number of nitrogens with zero attached hydrogens (tertiary/aromatic N) is 1. The van der Waals surface area contributed by atoms with E-state index < -0.39 is 0 Å². The molecule has 0 radical (unpaired) electrons. The zero-order valence-electron chi connectivity index (χ0n) is 9.05. The Morgan fingerprint density at radius 2 is 1.38 bits per heavy atom. The summed E-state index contributed by atoms with van der Waals surface area (Å²) in [6, 6.07) is 1.75. The fourth-order valence-corrected chi connectivity index (χ4v) is 1.07. The van der Waals surface area contributed by atoms with Crippen molar-refractivity contribution < 1.29 is 5.11 Å². The van der Waals surface area contributed by atoms with E-state index in [4.69, 9.17) is 10.4 Å². The highest BCUT2D eigenvalue weighted by molar-refractivity contribution is 4.51. The average molecular weight is 185 g/mol. The lowest BCUT2D eigenvalue weighted by atomic mass is 10.1. The normalized spacial score (nSPS) is 8.46. The third-order valence-electron chi connectivity index (χ3n) is 1.76. The molecule has 0 saturated carbocycles. The van der Waals surface area contributed by atoms with Crippen molar-refractivity contribution >= 4 is 0 Å². The largest absolute Gasteiger partial charge is 0.396 e. The lowest BCUT2D eigenvalue weighted by Gasteiger charge is -1.97. The molecule has 2 nitrogen and oxygen atoms in total. The van der Waals surface area contributed by atoms with Gasteiger partial charge in [0, 0.05) is 13.5 Å². The first kappa shape index (κ1) is 14.9. The lowest BCUT2D eigenvalue weighted by molar-refractivity contribution is 0.282. The van der Waals surface area contributed by atoms with E-state index in [-0.39, 0.29) is 0 Å². The van der Waals surface area contributed by atoms with Crippen LogP contribution in [-0.4, -0.2) is 11.7 Å². The minimum atomic E-state index is 0.369. The van der Waals surface area contributed by atoms with E-state index in [1.165, 1.54) is 45.4 Å². The second kappa shape index (κ2) is 17.5. The van der Waals surface area contributed by atoms with E-state index in [9.17, 15) is 0 Å². The van der Waals surface area contributed by atoms with Gasteiger partial charge < -0.3 is 5.11 Å². The van der Waals surface area contributed by atoms with E-state index in [1.807, 2.05) is 0 Å². The van der Waals surface area contributed by atoms with Gasteiger partial charge in [0.15, 0.2) is 0 Å². The molecule has 0 fully saturated rings. The first-order valence-corrected chi connectivity index (χ1v) is 5.25. The fraction of sp³-hybridized carbons (Fsp3) is 0.909. The Labute approximate surface area is 82.6 Å². The van der Waals surface area contributed by atoms with E-state index in [1.54, 1.807) is 6.07 Å². The van der Waals surface area contributed by atoms with E-state index >= 15 is 0 Å². The number of nitriles is 1. The monoisotopic (exact) mass is 185 g/mol. The van der Waals surface area contributed by atoms with Gasteiger partial charge in [-0.1, -0.05) is 45.4 Å². The molecule has 0 saturated heterocycles. The topological polar surface area (TPSA) is 44.0 Å². The molecular formula is C11H23NO. The molecular weight excluding hydrogens is 162 g/mol. The van der Waals surface area contributed by atoms with Gasteiger partial charge in [-0.25, -0.2) is 0 Å². The summed E-state index contributed by atoms with van der Waals surface area (Å²) in [6.45, 7) is 4.03. The molecule has 0 aliphatic carbocycles. The fourth-order valence-electron chi connectivity index (χ4n) is 1.07. The Hall–Kier alpha value is -0.550. The number of hydrogen-bond acceptors (Lipinski definition) is 2. The second-order valence-corrected chi connectivity index (χ2v) is 3.07. The molecule has 0 atom stereocenters. The minimum Gasteiger partial charge on any atom is -0.396 e. The first-order chi connectivity index (χ1) is 6.33. The zero-order valence-corrected chi connectivity index (χ0v) is 9.05. The van der Waals surface area contributed by atoms with Gasteiger partial charge in [-0.2, -0.15) is 5.26 Å². The molecule has 0 rings (SSSR count). The van der Waals surface area contributed by atoms with Crippen LogP contribution in [-0.2, 0) is 0 Å². The SMILES string of the molecule is CC#N.CCCCCCCCCO. The summed E-state index contributed by atoms with van der Waals surface area (Å²) >= 11 is 0. The standard InChI is InChI=1S/C9H20O.C2H3N/c1-2-3-4-5-6-7-8-9-10;1-2-3/h10H,2-9H2,1H3;1H3. The average Bonchev–Trinajstić information content (AvgIpc) is 2.13. The second-order valence-electron chi connectivity index (χ2n) is 3.07. The van der Waals surface area contributed by atoms with E-state index in [0.717, 1.165) is 6.42 Å². The molecule has 0 spiro atoms. The smallest absolute Gasteiger partial charge is 0.0587 e. The van der Waals surface area contributed by atoms with Crippen molar-refractivity contribution in [1.29, 1.82) is 5.26 Å². The van der Waals surface area contributed by atoms with E-state index in [2.05, 4.69) is 6.92 Å². The molecule has 0 aliphatic rings. The van der Waals surface area contributed by atoms with Crippen LogP contribution >= 0.6 is 0 Å². The third kappa shape index (κ3) is 24.6. The van der Waals surface area contributed by atoms with Gasteiger partial charge in [0.25, 0.3) is 0 Å². The molecule has 0 aromatic heterocycles. The number of aliphatic hydroxyl groups is 1. The maximum absolute atomic E-state index is 8.47. The van der Waals surface area contributed by atoms with Crippen LogP contribution < -0.4 is 0 Å². The molecule has 0 aromatic carbocycles. The lowest BCUT2D eigenvalue weighted by Crippen LogP contribution is -1.83. The van der Waals surface area contributed by atoms with Gasteiger partial charge in [-0.15, -0.1) is 0 Å². The van der Waals surface area contributed by atoms with Crippen LogP contribution in [0.15, 0.2) is 0 Å². The molecule has 0 amide bonds. The van der Waals surface area contributed by atoms with Gasteiger partial charge in [0.1, 0.15) is 0 Å². The Morgan fingerprint density at radius 1 is 1.00 bits per heavy atom. The van der Waals surface area contributed by atoms with Crippen LogP contribution in [0.1, 0.15) is 58.8 Å². The predicted molar refractivity (Wildman–Crippen MR) is 56.4 cm³/mol. The molecule has 13 heavy (non-hydrogen) atoms. The molecule has 78 valence electrons. The van der Waals surface area contributed by atoms with Crippen molar-refractivity contribution in [3.05, 3.63) is 0 Å². The highest BCUT2D eigenvalue weighted by Crippen LogP contribution is 2.05. The molecule has 0 heterocycles. The van der Waals surface area contributed by atoms with Crippen LogP contribution in [0.3, 0.4) is 0 Å². The van der Waals surface area contributed by atoms with Gasteiger partial charge in [-0.05, 0) is 6.42 Å². The summed E-state index contributed by atoms with van der Waals surface area (Å²) in [7, 11) is 0. The van der Waals surface area contributed by atoms with Crippen LogP contribution in [0.25, 0.3) is 0 Å². The molecule has 0 aromatic rings. The number of aliphatic hydroxyl groups excluding tert-OH is 1. The van der Waals surface area contributed by atoms with Crippen LogP contribution in [0, 0.1) is 11.3 Å². The summed E-state index contributed by atoms with van der Waals surface area (Å²) in [4.78, 5) is 0. The van der Waals surface area contributed by atoms with Crippen molar-refractivity contribution in [1.82, 2.24) is 0 Å². The number of hydrogen-bond donors (Lipinski definition) is 1. The molecule has 2 heteroatoms. The van der Waals surface area contributed by atoms with Gasteiger partial charge >= 0.3 is 0 Å². The summed E-state index contributed by atoms with van der Waals surface area (Å²) < 4.78 is 0.